The first-order valence-corrected chi connectivity index (χ1v) is 10.0. The Morgan fingerprint density at radius 3 is 2.71 bits per heavy atom. The van der Waals surface area contributed by atoms with Crippen LogP contribution >= 0.6 is 0 Å². The van der Waals surface area contributed by atoms with Crippen LogP contribution in [0.4, 0.5) is 0 Å². The van der Waals surface area contributed by atoms with Crippen molar-refractivity contribution in [2.45, 2.75) is 11.1 Å². The van der Waals surface area contributed by atoms with Crippen molar-refractivity contribution < 1.29 is 22.4 Å². The molecule has 3 aromatic rings. The lowest BCUT2D eigenvalue weighted by molar-refractivity contribution is -0.00865. The van der Waals surface area contributed by atoms with Gasteiger partial charge in [-0.3, -0.25) is 0 Å². The molecule has 1 aliphatic rings. The van der Waals surface area contributed by atoms with Gasteiger partial charge < -0.3 is 14.0 Å². The van der Waals surface area contributed by atoms with Crippen LogP contribution in [0.3, 0.4) is 0 Å². The van der Waals surface area contributed by atoms with E-state index in [4.69, 9.17) is 14.0 Å². The molecule has 4 rings (SSSR count). The molecule has 28 heavy (non-hydrogen) atoms. The van der Waals surface area contributed by atoms with Gasteiger partial charge in [-0.1, -0.05) is 11.2 Å². The van der Waals surface area contributed by atoms with E-state index in [1.54, 1.807) is 43.5 Å². The highest BCUT2D eigenvalue weighted by molar-refractivity contribution is 7.89. The molecule has 146 valence electrons. The van der Waals surface area contributed by atoms with Gasteiger partial charge in [0.05, 0.1) is 13.7 Å². The molecule has 9 nitrogen and oxygen atoms in total. The van der Waals surface area contributed by atoms with Crippen LogP contribution in [0.5, 0.6) is 5.75 Å². The maximum absolute atomic E-state index is 12.8. The van der Waals surface area contributed by atoms with Crippen molar-refractivity contribution in [3.63, 3.8) is 0 Å². The summed E-state index contributed by atoms with van der Waals surface area (Å²) < 4.78 is 43.0. The number of methoxy groups -OCH3 is 1. The standard InChI is InChI=1S/C18H18N4O5S/c1-25-14-7-5-13(6-8-14)18-20-17(21-27-18)15-12-22(10-11-26-15)28(23,24)16-4-2-3-9-19-16/h2-9,15H,10-12H2,1H3/t15-/m0/s1. The van der Waals surface area contributed by atoms with E-state index >= 15 is 0 Å². The number of benzene rings is 1. The monoisotopic (exact) mass is 402 g/mol. The Bertz CT molecular complexity index is 1040. The van der Waals surface area contributed by atoms with Crippen LogP contribution in [-0.2, 0) is 14.8 Å². The maximum atomic E-state index is 12.8. The SMILES string of the molecule is COc1ccc(-c2nc([C@@H]3CN(S(=O)(=O)c4ccccn4)CCO3)no2)cc1. The van der Waals surface area contributed by atoms with Crippen LogP contribution in [0.15, 0.2) is 58.2 Å². The van der Waals surface area contributed by atoms with Crippen LogP contribution in [-0.4, -0.2) is 54.7 Å². The van der Waals surface area contributed by atoms with Crippen molar-refractivity contribution in [1.82, 2.24) is 19.4 Å². The molecule has 3 heterocycles. The summed E-state index contributed by atoms with van der Waals surface area (Å²) >= 11 is 0. The largest absolute Gasteiger partial charge is 0.497 e. The molecule has 0 bridgehead atoms. The van der Waals surface area contributed by atoms with E-state index in [0.29, 0.717) is 11.7 Å². The zero-order valence-corrected chi connectivity index (χ0v) is 15.9. The summed E-state index contributed by atoms with van der Waals surface area (Å²) in [6, 6.07) is 12.0. The molecule has 0 spiro atoms. The zero-order valence-electron chi connectivity index (χ0n) is 15.1. The minimum absolute atomic E-state index is 0.00249. The predicted molar refractivity (Wildman–Crippen MR) is 98.0 cm³/mol. The second-order valence-corrected chi connectivity index (χ2v) is 7.96. The number of pyridine rings is 1. The molecule has 1 fully saturated rings. The number of ether oxygens (including phenoxy) is 2. The van der Waals surface area contributed by atoms with Crippen molar-refractivity contribution in [3.05, 3.63) is 54.5 Å². The maximum Gasteiger partial charge on any atom is 0.260 e. The Morgan fingerprint density at radius 2 is 2.00 bits per heavy atom. The lowest BCUT2D eigenvalue weighted by Crippen LogP contribution is -2.42. The number of sulfonamides is 1. The molecule has 10 heteroatoms. The summed E-state index contributed by atoms with van der Waals surface area (Å²) in [7, 11) is -2.13. The third kappa shape index (κ3) is 3.61. The predicted octanol–water partition coefficient (Wildman–Crippen LogP) is 1.90. The van der Waals surface area contributed by atoms with E-state index in [9.17, 15) is 8.42 Å². The van der Waals surface area contributed by atoms with E-state index in [-0.39, 0.29) is 24.7 Å². The Morgan fingerprint density at radius 1 is 1.18 bits per heavy atom. The molecule has 0 unspecified atom stereocenters. The first kappa shape index (κ1) is 18.5. The fourth-order valence-corrected chi connectivity index (χ4v) is 4.20. The molecular weight excluding hydrogens is 384 g/mol. The molecule has 1 saturated heterocycles. The highest BCUT2D eigenvalue weighted by Gasteiger charge is 2.34. The zero-order chi connectivity index (χ0) is 19.6. The number of hydrogen-bond donors (Lipinski definition) is 0. The highest BCUT2D eigenvalue weighted by atomic mass is 32.2. The van der Waals surface area contributed by atoms with Crippen LogP contribution in [0.25, 0.3) is 11.5 Å². The van der Waals surface area contributed by atoms with E-state index in [1.165, 1.54) is 16.6 Å². The molecular formula is C18H18N4O5S. The third-order valence-corrected chi connectivity index (χ3v) is 6.12. The van der Waals surface area contributed by atoms with E-state index in [1.807, 2.05) is 0 Å². The molecule has 1 aromatic carbocycles. The van der Waals surface area contributed by atoms with Gasteiger partial charge in [0.2, 0.25) is 5.82 Å². The van der Waals surface area contributed by atoms with Gasteiger partial charge in [0.15, 0.2) is 5.03 Å². The normalized spacial score (nSPS) is 18.1. The van der Waals surface area contributed by atoms with Crippen LogP contribution < -0.4 is 4.74 Å². The molecule has 1 aliphatic heterocycles. The number of morpholine rings is 1. The minimum atomic E-state index is -3.71. The topological polar surface area (TPSA) is 108 Å². The summed E-state index contributed by atoms with van der Waals surface area (Å²) in [5, 5.41) is 3.97. The van der Waals surface area contributed by atoms with Gasteiger partial charge in [0.1, 0.15) is 11.9 Å². The summed E-state index contributed by atoms with van der Waals surface area (Å²) in [5.74, 6) is 1.34. The molecule has 0 saturated carbocycles. The molecule has 0 amide bonds. The van der Waals surface area contributed by atoms with Crippen LogP contribution in [0.1, 0.15) is 11.9 Å². The van der Waals surface area contributed by atoms with Gasteiger partial charge in [-0.15, -0.1) is 0 Å². The van der Waals surface area contributed by atoms with Gasteiger partial charge in [-0.2, -0.15) is 9.29 Å². The number of nitrogens with zero attached hydrogens (tertiary/aromatic N) is 4. The van der Waals surface area contributed by atoms with Gasteiger partial charge >= 0.3 is 0 Å². The Labute approximate surface area is 162 Å². The van der Waals surface area contributed by atoms with Gasteiger partial charge in [-0.05, 0) is 36.4 Å². The average molecular weight is 402 g/mol. The summed E-state index contributed by atoms with van der Waals surface area (Å²) in [4.78, 5) is 8.32. The quantitative estimate of drug-likeness (QED) is 0.637. The lowest BCUT2D eigenvalue weighted by Gasteiger charge is -2.30. The summed E-state index contributed by atoms with van der Waals surface area (Å²) in [6.45, 7) is 0.544. The number of hydrogen-bond acceptors (Lipinski definition) is 8. The fraction of sp³-hybridized carbons (Fsp3) is 0.278. The average Bonchev–Trinajstić information content (AvgIpc) is 3.25. The van der Waals surface area contributed by atoms with Gasteiger partial charge in [-0.25, -0.2) is 13.4 Å². The third-order valence-electron chi connectivity index (χ3n) is 4.34. The molecule has 0 aliphatic carbocycles. The second-order valence-electron chi connectivity index (χ2n) is 6.08. The lowest BCUT2D eigenvalue weighted by atomic mass is 10.2. The van der Waals surface area contributed by atoms with Gasteiger partial charge in [0, 0.05) is 24.8 Å². The highest BCUT2D eigenvalue weighted by Crippen LogP contribution is 2.27. The molecule has 1 atom stereocenters. The fourth-order valence-electron chi connectivity index (χ4n) is 2.85. The smallest absolute Gasteiger partial charge is 0.260 e. The van der Waals surface area contributed by atoms with Gasteiger partial charge in [0.25, 0.3) is 15.9 Å². The Hall–Kier alpha value is -2.82. The Kier molecular flexibility index (Phi) is 5.07. The second kappa shape index (κ2) is 7.66. The molecule has 2 aromatic heterocycles. The minimum Gasteiger partial charge on any atom is -0.497 e. The summed E-state index contributed by atoms with van der Waals surface area (Å²) in [5.41, 5.74) is 0.730. The first-order chi connectivity index (χ1) is 13.6. The number of rotatable bonds is 5. The van der Waals surface area contributed by atoms with Crippen LogP contribution in [0.2, 0.25) is 0 Å². The van der Waals surface area contributed by atoms with E-state index in [2.05, 4.69) is 15.1 Å². The van der Waals surface area contributed by atoms with Crippen LogP contribution in [0, 0.1) is 0 Å². The van der Waals surface area contributed by atoms with Crippen molar-refractivity contribution in [2.24, 2.45) is 0 Å². The van der Waals surface area contributed by atoms with Crippen molar-refractivity contribution in [2.75, 3.05) is 26.8 Å². The Balaban J connectivity index is 1.53. The number of aromatic nitrogens is 3. The first-order valence-electron chi connectivity index (χ1n) is 8.59. The van der Waals surface area contributed by atoms with Crippen molar-refractivity contribution in [3.8, 4) is 17.2 Å². The van der Waals surface area contributed by atoms with Crippen molar-refractivity contribution in [1.29, 1.82) is 0 Å². The van der Waals surface area contributed by atoms with E-state index in [0.717, 1.165) is 11.3 Å². The van der Waals surface area contributed by atoms with Crippen molar-refractivity contribution >= 4 is 10.0 Å². The molecule has 0 radical (unpaired) electrons. The summed E-state index contributed by atoms with van der Waals surface area (Å²) in [6.07, 6.45) is 0.827. The molecule has 0 N–H and O–H groups in total. The van der Waals surface area contributed by atoms with E-state index < -0.39 is 16.1 Å².